The van der Waals surface area contributed by atoms with E-state index in [9.17, 15) is 4.79 Å². The van der Waals surface area contributed by atoms with E-state index in [1.807, 2.05) is 24.3 Å². The zero-order chi connectivity index (χ0) is 12.5. The summed E-state index contributed by atoms with van der Waals surface area (Å²) < 4.78 is 15.3. The topological polar surface area (TPSA) is 44.8 Å². The van der Waals surface area contributed by atoms with Crippen LogP contribution < -0.4 is 4.74 Å². The molecule has 1 rings (SSSR count). The van der Waals surface area contributed by atoms with Crippen molar-refractivity contribution in [1.82, 2.24) is 0 Å². The molecular formula is C13H18O4. The highest BCUT2D eigenvalue weighted by Gasteiger charge is 2.09. The zero-order valence-electron chi connectivity index (χ0n) is 10.3. The molecule has 0 fully saturated rings. The predicted molar refractivity (Wildman–Crippen MR) is 64.2 cm³/mol. The first-order chi connectivity index (χ1) is 8.27. The van der Waals surface area contributed by atoms with Crippen LogP contribution in [0.15, 0.2) is 24.3 Å². The van der Waals surface area contributed by atoms with Gasteiger partial charge in [-0.15, -0.1) is 0 Å². The molecule has 0 unspecified atom stereocenters. The molecule has 0 aliphatic heterocycles. The molecule has 4 nitrogen and oxygen atoms in total. The molecule has 4 heteroatoms. The second kappa shape index (κ2) is 7.68. The molecular weight excluding hydrogens is 220 g/mol. The van der Waals surface area contributed by atoms with Gasteiger partial charge in [0.05, 0.1) is 19.6 Å². The van der Waals surface area contributed by atoms with Crippen molar-refractivity contribution in [3.8, 4) is 5.75 Å². The third kappa shape index (κ3) is 4.87. The Bertz CT molecular complexity index is 349. The lowest BCUT2D eigenvalue weighted by Gasteiger charge is -2.10. The van der Waals surface area contributed by atoms with Gasteiger partial charge in [-0.3, -0.25) is 4.79 Å². The molecule has 0 aliphatic carbocycles. The SMILES string of the molecule is CCOC(=O)Cc1ccccc1OCCOC. The quantitative estimate of drug-likeness (QED) is 0.537. The lowest BCUT2D eigenvalue weighted by atomic mass is 10.1. The van der Waals surface area contributed by atoms with E-state index in [1.165, 1.54) is 0 Å². The first-order valence-electron chi connectivity index (χ1n) is 5.63. The Hall–Kier alpha value is -1.55. The van der Waals surface area contributed by atoms with Gasteiger partial charge in [0.2, 0.25) is 0 Å². The third-order valence-corrected chi connectivity index (χ3v) is 2.16. The molecule has 1 aromatic rings. The standard InChI is InChI=1S/C13H18O4/c1-3-16-13(14)10-11-6-4-5-7-12(11)17-9-8-15-2/h4-7H,3,8-10H2,1-2H3. The average Bonchev–Trinajstić information content (AvgIpc) is 2.32. The van der Waals surface area contributed by atoms with Gasteiger partial charge < -0.3 is 14.2 Å². The molecule has 0 amide bonds. The highest BCUT2D eigenvalue weighted by molar-refractivity contribution is 5.73. The fourth-order valence-electron chi connectivity index (χ4n) is 1.39. The summed E-state index contributed by atoms with van der Waals surface area (Å²) in [5.41, 5.74) is 0.835. The second-order valence-corrected chi connectivity index (χ2v) is 3.43. The van der Waals surface area contributed by atoms with Crippen LogP contribution in [0.25, 0.3) is 0 Å². The Morgan fingerprint density at radius 2 is 2.00 bits per heavy atom. The maximum atomic E-state index is 11.4. The molecule has 17 heavy (non-hydrogen) atoms. The smallest absolute Gasteiger partial charge is 0.310 e. The molecule has 0 N–H and O–H groups in total. The van der Waals surface area contributed by atoms with Crippen molar-refractivity contribution in [2.24, 2.45) is 0 Å². The number of hydrogen-bond donors (Lipinski definition) is 0. The number of hydrogen-bond acceptors (Lipinski definition) is 4. The maximum Gasteiger partial charge on any atom is 0.310 e. The molecule has 0 saturated carbocycles. The molecule has 0 radical (unpaired) electrons. The summed E-state index contributed by atoms with van der Waals surface area (Å²) in [5, 5.41) is 0. The average molecular weight is 238 g/mol. The lowest BCUT2D eigenvalue weighted by Crippen LogP contribution is -2.10. The van der Waals surface area contributed by atoms with Crippen LogP contribution in [-0.4, -0.2) is 32.9 Å². The summed E-state index contributed by atoms with van der Waals surface area (Å²) in [7, 11) is 1.62. The Balaban J connectivity index is 2.60. The minimum absolute atomic E-state index is 0.233. The monoisotopic (exact) mass is 238 g/mol. The maximum absolute atomic E-state index is 11.4. The van der Waals surface area contributed by atoms with E-state index in [0.717, 1.165) is 5.56 Å². The molecule has 0 spiro atoms. The zero-order valence-corrected chi connectivity index (χ0v) is 10.3. The number of rotatable bonds is 7. The minimum Gasteiger partial charge on any atom is -0.491 e. The van der Waals surface area contributed by atoms with Crippen molar-refractivity contribution < 1.29 is 19.0 Å². The predicted octanol–water partition coefficient (Wildman–Crippen LogP) is 1.82. The van der Waals surface area contributed by atoms with Crippen molar-refractivity contribution >= 4 is 5.97 Å². The number of esters is 1. The van der Waals surface area contributed by atoms with Gasteiger partial charge in [0.1, 0.15) is 12.4 Å². The largest absolute Gasteiger partial charge is 0.491 e. The second-order valence-electron chi connectivity index (χ2n) is 3.43. The molecule has 0 aliphatic rings. The summed E-state index contributed by atoms with van der Waals surface area (Å²) >= 11 is 0. The van der Waals surface area contributed by atoms with Gasteiger partial charge in [-0.1, -0.05) is 18.2 Å². The van der Waals surface area contributed by atoms with Crippen LogP contribution in [0.4, 0.5) is 0 Å². The van der Waals surface area contributed by atoms with Crippen LogP contribution in [0.2, 0.25) is 0 Å². The van der Waals surface area contributed by atoms with Gasteiger partial charge in [0.25, 0.3) is 0 Å². The van der Waals surface area contributed by atoms with Crippen molar-refractivity contribution in [3.05, 3.63) is 29.8 Å². The Kier molecular flexibility index (Phi) is 6.10. The van der Waals surface area contributed by atoms with Gasteiger partial charge in [-0.25, -0.2) is 0 Å². The number of methoxy groups -OCH3 is 1. The molecule has 0 atom stereocenters. The fourth-order valence-corrected chi connectivity index (χ4v) is 1.39. The van der Waals surface area contributed by atoms with Crippen LogP contribution in [0, 0.1) is 0 Å². The van der Waals surface area contributed by atoms with Crippen LogP contribution in [-0.2, 0) is 20.7 Å². The summed E-state index contributed by atoms with van der Waals surface area (Å²) in [6.45, 7) is 3.18. The highest BCUT2D eigenvalue weighted by Crippen LogP contribution is 2.18. The number of ether oxygens (including phenoxy) is 3. The summed E-state index contributed by atoms with van der Waals surface area (Å²) in [6.07, 6.45) is 0.233. The molecule has 0 heterocycles. The molecule has 0 bridgehead atoms. The Morgan fingerprint density at radius 1 is 1.24 bits per heavy atom. The van der Waals surface area contributed by atoms with E-state index in [2.05, 4.69) is 0 Å². The molecule has 0 saturated heterocycles. The molecule has 94 valence electrons. The number of para-hydroxylation sites is 1. The van der Waals surface area contributed by atoms with Gasteiger partial charge >= 0.3 is 5.97 Å². The van der Waals surface area contributed by atoms with E-state index in [4.69, 9.17) is 14.2 Å². The van der Waals surface area contributed by atoms with E-state index in [1.54, 1.807) is 14.0 Å². The van der Waals surface area contributed by atoms with E-state index < -0.39 is 0 Å². The first-order valence-corrected chi connectivity index (χ1v) is 5.63. The van der Waals surface area contributed by atoms with E-state index >= 15 is 0 Å². The Labute approximate surface area is 101 Å². The van der Waals surface area contributed by atoms with Crippen molar-refractivity contribution in [2.75, 3.05) is 26.9 Å². The van der Waals surface area contributed by atoms with Crippen LogP contribution >= 0.6 is 0 Å². The van der Waals surface area contributed by atoms with E-state index in [0.29, 0.717) is 25.6 Å². The lowest BCUT2D eigenvalue weighted by molar-refractivity contribution is -0.142. The van der Waals surface area contributed by atoms with Gasteiger partial charge in [0, 0.05) is 12.7 Å². The third-order valence-electron chi connectivity index (χ3n) is 2.16. The van der Waals surface area contributed by atoms with Gasteiger partial charge in [-0.05, 0) is 13.0 Å². The van der Waals surface area contributed by atoms with E-state index in [-0.39, 0.29) is 12.4 Å². The van der Waals surface area contributed by atoms with Crippen molar-refractivity contribution in [2.45, 2.75) is 13.3 Å². The number of benzene rings is 1. The molecule has 1 aromatic carbocycles. The highest BCUT2D eigenvalue weighted by atomic mass is 16.5. The summed E-state index contributed by atoms with van der Waals surface area (Å²) in [5.74, 6) is 0.466. The van der Waals surface area contributed by atoms with Crippen LogP contribution in [0.3, 0.4) is 0 Å². The Morgan fingerprint density at radius 3 is 2.71 bits per heavy atom. The molecule has 0 aromatic heterocycles. The van der Waals surface area contributed by atoms with Crippen molar-refractivity contribution in [3.63, 3.8) is 0 Å². The normalized spacial score (nSPS) is 10.0. The van der Waals surface area contributed by atoms with Crippen LogP contribution in [0.5, 0.6) is 5.75 Å². The van der Waals surface area contributed by atoms with Crippen molar-refractivity contribution in [1.29, 1.82) is 0 Å². The summed E-state index contributed by atoms with van der Waals surface area (Å²) in [6, 6.07) is 7.44. The first kappa shape index (κ1) is 13.5. The number of carbonyl (C=O) groups is 1. The van der Waals surface area contributed by atoms with Gasteiger partial charge in [-0.2, -0.15) is 0 Å². The van der Waals surface area contributed by atoms with Crippen LogP contribution in [0.1, 0.15) is 12.5 Å². The number of carbonyl (C=O) groups excluding carboxylic acids is 1. The minimum atomic E-state index is -0.240. The fraction of sp³-hybridized carbons (Fsp3) is 0.462. The van der Waals surface area contributed by atoms with Gasteiger partial charge in [0.15, 0.2) is 0 Å². The summed E-state index contributed by atoms with van der Waals surface area (Å²) in [4.78, 5) is 11.4.